The third-order valence-electron chi connectivity index (χ3n) is 4.95. The first kappa shape index (κ1) is 27.0. The molecule has 1 amide bonds. The number of anilines is 1. The SMILES string of the molecule is C=CCn1c(SCC(=O)Nc2sc(C(=O)OC)c(C)c2C(=O)OC)nnc1-c1ccccc1OCC. The summed E-state index contributed by atoms with van der Waals surface area (Å²) in [5.74, 6) is -0.413. The number of hydrogen-bond donors (Lipinski definition) is 1. The van der Waals surface area contributed by atoms with Crippen LogP contribution in [-0.4, -0.2) is 59.2 Å². The summed E-state index contributed by atoms with van der Waals surface area (Å²) >= 11 is 2.13. The van der Waals surface area contributed by atoms with Crippen molar-refractivity contribution in [1.29, 1.82) is 0 Å². The third kappa shape index (κ3) is 5.77. The largest absolute Gasteiger partial charge is 0.493 e. The van der Waals surface area contributed by atoms with E-state index in [-0.39, 0.29) is 21.2 Å². The Morgan fingerprint density at radius 2 is 1.89 bits per heavy atom. The number of thioether (sulfide) groups is 1. The lowest BCUT2D eigenvalue weighted by molar-refractivity contribution is -0.113. The molecule has 190 valence electrons. The maximum Gasteiger partial charge on any atom is 0.348 e. The predicted octanol–water partition coefficient (Wildman–Crippen LogP) is 4.20. The van der Waals surface area contributed by atoms with E-state index in [1.54, 1.807) is 13.0 Å². The van der Waals surface area contributed by atoms with Gasteiger partial charge in [0.2, 0.25) is 5.91 Å². The van der Waals surface area contributed by atoms with Gasteiger partial charge >= 0.3 is 11.9 Å². The average Bonchev–Trinajstić information content (AvgIpc) is 3.42. The lowest BCUT2D eigenvalue weighted by Crippen LogP contribution is -2.16. The normalized spacial score (nSPS) is 10.6. The summed E-state index contributed by atoms with van der Waals surface area (Å²) in [4.78, 5) is 37.4. The highest BCUT2D eigenvalue weighted by molar-refractivity contribution is 7.99. The Bertz CT molecular complexity index is 1280. The van der Waals surface area contributed by atoms with Gasteiger partial charge in [-0.15, -0.1) is 28.1 Å². The monoisotopic (exact) mass is 530 g/mol. The highest BCUT2D eigenvalue weighted by atomic mass is 32.2. The van der Waals surface area contributed by atoms with Crippen molar-refractivity contribution in [2.75, 3.05) is 31.9 Å². The maximum atomic E-state index is 12.8. The molecule has 10 nitrogen and oxygen atoms in total. The van der Waals surface area contributed by atoms with Gasteiger partial charge in [-0.3, -0.25) is 9.36 Å². The average molecular weight is 531 g/mol. The lowest BCUT2D eigenvalue weighted by Gasteiger charge is -2.11. The van der Waals surface area contributed by atoms with Crippen LogP contribution in [0.5, 0.6) is 5.75 Å². The van der Waals surface area contributed by atoms with Crippen LogP contribution in [0, 0.1) is 6.92 Å². The molecule has 0 fully saturated rings. The van der Waals surface area contributed by atoms with Gasteiger partial charge in [-0.2, -0.15) is 0 Å². The van der Waals surface area contributed by atoms with Crippen LogP contribution < -0.4 is 10.1 Å². The summed E-state index contributed by atoms with van der Waals surface area (Å²) in [6.45, 7) is 8.23. The number of esters is 2. The minimum Gasteiger partial charge on any atom is -0.493 e. The zero-order valence-electron chi connectivity index (χ0n) is 20.3. The number of ether oxygens (including phenoxy) is 3. The zero-order valence-corrected chi connectivity index (χ0v) is 22.0. The second-order valence-corrected chi connectivity index (χ2v) is 9.18. The van der Waals surface area contributed by atoms with Crippen molar-refractivity contribution in [3.05, 3.63) is 52.9 Å². The van der Waals surface area contributed by atoms with E-state index in [1.165, 1.54) is 26.0 Å². The molecule has 0 saturated carbocycles. The molecular formula is C24H26N4O6S2. The van der Waals surface area contributed by atoms with Gasteiger partial charge in [-0.1, -0.05) is 30.0 Å². The van der Waals surface area contributed by atoms with Crippen molar-refractivity contribution in [3.63, 3.8) is 0 Å². The predicted molar refractivity (Wildman–Crippen MR) is 138 cm³/mol. The van der Waals surface area contributed by atoms with Gasteiger partial charge in [-0.25, -0.2) is 9.59 Å². The molecule has 0 aliphatic carbocycles. The van der Waals surface area contributed by atoms with E-state index < -0.39 is 17.8 Å². The highest BCUT2D eigenvalue weighted by Gasteiger charge is 2.27. The molecule has 1 aromatic carbocycles. The van der Waals surface area contributed by atoms with E-state index in [0.29, 0.717) is 35.4 Å². The van der Waals surface area contributed by atoms with E-state index in [4.69, 9.17) is 14.2 Å². The van der Waals surface area contributed by atoms with Crippen molar-refractivity contribution in [2.24, 2.45) is 0 Å². The molecule has 0 bridgehead atoms. The number of allylic oxidation sites excluding steroid dienone is 1. The van der Waals surface area contributed by atoms with Gasteiger partial charge < -0.3 is 19.5 Å². The van der Waals surface area contributed by atoms with Crippen LogP contribution in [0.2, 0.25) is 0 Å². The van der Waals surface area contributed by atoms with E-state index in [9.17, 15) is 14.4 Å². The van der Waals surface area contributed by atoms with Crippen LogP contribution >= 0.6 is 23.1 Å². The number of carbonyl (C=O) groups is 3. The molecule has 0 saturated heterocycles. The Hall–Kier alpha value is -3.64. The molecule has 36 heavy (non-hydrogen) atoms. The number of carbonyl (C=O) groups excluding carboxylic acids is 3. The summed E-state index contributed by atoms with van der Waals surface area (Å²) in [5.41, 5.74) is 1.27. The number of para-hydroxylation sites is 1. The number of hydrogen-bond acceptors (Lipinski definition) is 10. The molecule has 2 heterocycles. The van der Waals surface area contributed by atoms with Gasteiger partial charge in [0.1, 0.15) is 15.6 Å². The molecule has 0 atom stereocenters. The van der Waals surface area contributed by atoms with Crippen LogP contribution in [-0.2, 0) is 20.8 Å². The third-order valence-corrected chi connectivity index (χ3v) is 7.10. The number of rotatable bonds is 11. The second-order valence-electron chi connectivity index (χ2n) is 7.21. The lowest BCUT2D eigenvalue weighted by atomic mass is 10.1. The quantitative estimate of drug-likeness (QED) is 0.221. The van der Waals surface area contributed by atoms with E-state index >= 15 is 0 Å². The fraction of sp³-hybridized carbons (Fsp3) is 0.292. The Labute approximate surface area is 216 Å². The van der Waals surface area contributed by atoms with Crippen LogP contribution in [0.3, 0.4) is 0 Å². The standard InChI is InChI=1S/C24H26N4O6S2/c1-6-12-28-20(15-10-8-9-11-16(15)34-7-2)26-27-24(28)35-13-17(29)25-21-18(22(30)32-4)14(3)19(36-21)23(31)33-5/h6,8-11H,1,7,12-13H2,2-5H3,(H,25,29). The molecule has 1 N–H and O–H groups in total. The fourth-order valence-electron chi connectivity index (χ4n) is 3.35. The van der Waals surface area contributed by atoms with Crippen molar-refractivity contribution < 1.29 is 28.6 Å². The molecule has 0 aliphatic rings. The topological polar surface area (TPSA) is 122 Å². The molecular weight excluding hydrogens is 504 g/mol. The van der Waals surface area contributed by atoms with Gasteiger partial charge in [0.05, 0.1) is 37.7 Å². The second kappa shape index (κ2) is 12.4. The Morgan fingerprint density at radius 1 is 1.17 bits per heavy atom. The van der Waals surface area contributed by atoms with E-state index in [2.05, 4.69) is 22.1 Å². The number of amides is 1. The summed E-state index contributed by atoms with van der Waals surface area (Å²) in [6.07, 6.45) is 1.71. The highest BCUT2D eigenvalue weighted by Crippen LogP contribution is 2.35. The zero-order chi connectivity index (χ0) is 26.2. The summed E-state index contributed by atoms with van der Waals surface area (Å²) < 4.78 is 17.2. The summed E-state index contributed by atoms with van der Waals surface area (Å²) in [7, 11) is 2.47. The van der Waals surface area contributed by atoms with Gasteiger partial charge in [-0.05, 0) is 31.5 Å². The van der Waals surface area contributed by atoms with Gasteiger partial charge in [0, 0.05) is 6.54 Å². The molecule has 0 radical (unpaired) electrons. The number of nitrogens with zero attached hydrogens (tertiary/aromatic N) is 3. The molecule has 3 rings (SSSR count). The smallest absolute Gasteiger partial charge is 0.348 e. The number of benzene rings is 1. The van der Waals surface area contributed by atoms with Crippen molar-refractivity contribution >= 4 is 45.9 Å². The molecule has 0 aliphatic heterocycles. The maximum absolute atomic E-state index is 12.8. The van der Waals surface area contributed by atoms with Crippen LogP contribution in [0.1, 0.15) is 32.5 Å². The molecule has 0 unspecified atom stereocenters. The number of methoxy groups -OCH3 is 2. The van der Waals surface area contributed by atoms with Crippen LogP contribution in [0.25, 0.3) is 11.4 Å². The first-order valence-corrected chi connectivity index (χ1v) is 12.6. The van der Waals surface area contributed by atoms with Gasteiger partial charge in [0.25, 0.3) is 0 Å². The van der Waals surface area contributed by atoms with Crippen LogP contribution in [0.15, 0.2) is 42.1 Å². The Kier molecular flexibility index (Phi) is 9.25. The Balaban J connectivity index is 1.82. The van der Waals surface area contributed by atoms with Crippen LogP contribution in [0.4, 0.5) is 5.00 Å². The number of thiophene rings is 1. The number of aromatic nitrogens is 3. The molecule has 3 aromatic rings. The van der Waals surface area contributed by atoms with Gasteiger partial charge in [0.15, 0.2) is 11.0 Å². The Morgan fingerprint density at radius 3 is 2.56 bits per heavy atom. The minimum absolute atomic E-state index is 0.0203. The van der Waals surface area contributed by atoms with E-state index in [0.717, 1.165) is 16.9 Å². The molecule has 2 aromatic heterocycles. The van der Waals surface area contributed by atoms with Crippen molar-refractivity contribution in [1.82, 2.24) is 14.8 Å². The first-order chi connectivity index (χ1) is 17.4. The molecule has 12 heteroatoms. The fourth-order valence-corrected chi connectivity index (χ4v) is 5.23. The van der Waals surface area contributed by atoms with Crippen molar-refractivity contribution in [3.8, 4) is 17.1 Å². The van der Waals surface area contributed by atoms with E-state index in [1.807, 2.05) is 35.8 Å². The first-order valence-electron chi connectivity index (χ1n) is 10.8. The summed E-state index contributed by atoms with van der Waals surface area (Å²) in [6, 6.07) is 7.51. The minimum atomic E-state index is -0.662. The molecule has 0 spiro atoms. The number of nitrogens with one attached hydrogen (secondary N) is 1. The van der Waals surface area contributed by atoms with Crippen molar-refractivity contribution in [2.45, 2.75) is 25.5 Å². The summed E-state index contributed by atoms with van der Waals surface area (Å²) in [5, 5.41) is 12.0.